The molecule has 4 rings (SSSR count). The van der Waals surface area contributed by atoms with E-state index in [4.69, 9.17) is 0 Å². The molecule has 0 aliphatic heterocycles. The van der Waals surface area contributed by atoms with E-state index in [0.29, 0.717) is 13.0 Å². The van der Waals surface area contributed by atoms with Crippen LogP contribution in [-0.4, -0.2) is 28.8 Å². The summed E-state index contributed by atoms with van der Waals surface area (Å²) >= 11 is 0. The Morgan fingerprint density at radius 2 is 1.51 bits per heavy atom. The molecule has 182 valence electrons. The Labute approximate surface area is 209 Å². The molecule has 3 aromatic rings. The van der Waals surface area contributed by atoms with Gasteiger partial charge in [-0.3, -0.25) is 9.59 Å². The zero-order valence-corrected chi connectivity index (χ0v) is 20.9. The van der Waals surface area contributed by atoms with E-state index in [9.17, 15) is 9.59 Å². The van der Waals surface area contributed by atoms with Gasteiger partial charge in [-0.1, -0.05) is 103 Å². The largest absolute Gasteiger partial charge is 0.352 e. The first-order valence-corrected chi connectivity index (χ1v) is 12.7. The Morgan fingerprint density at radius 1 is 0.829 bits per heavy atom. The number of rotatable bonds is 9. The maximum atomic E-state index is 13.8. The highest BCUT2D eigenvalue weighted by atomic mass is 16.2. The summed E-state index contributed by atoms with van der Waals surface area (Å²) in [6, 6.07) is 25.9. The van der Waals surface area contributed by atoms with E-state index in [1.54, 1.807) is 4.90 Å². The van der Waals surface area contributed by atoms with Gasteiger partial charge in [0, 0.05) is 19.0 Å². The third-order valence-electron chi connectivity index (χ3n) is 6.88. The molecule has 0 radical (unpaired) electrons. The molecule has 3 aromatic carbocycles. The van der Waals surface area contributed by atoms with Crippen molar-refractivity contribution in [2.75, 3.05) is 0 Å². The Hall–Kier alpha value is -3.40. The van der Waals surface area contributed by atoms with Crippen molar-refractivity contribution in [1.82, 2.24) is 10.2 Å². The molecule has 0 saturated heterocycles. The molecule has 35 heavy (non-hydrogen) atoms. The SMILES string of the molecule is Cc1ccc(CC(=O)N(Cc2cccc(C)c2)C(Cc2ccccc2)C(=O)NC2CCCC2)cc1. The van der Waals surface area contributed by atoms with Crippen molar-refractivity contribution in [3.05, 3.63) is 107 Å². The Bertz CT molecular complexity index is 1120. The Kier molecular flexibility index (Phi) is 8.36. The summed E-state index contributed by atoms with van der Waals surface area (Å²) in [6.07, 6.45) is 5.08. The zero-order valence-electron chi connectivity index (χ0n) is 20.9. The first-order chi connectivity index (χ1) is 17.0. The third-order valence-corrected chi connectivity index (χ3v) is 6.88. The summed E-state index contributed by atoms with van der Waals surface area (Å²) in [4.78, 5) is 29.3. The highest BCUT2D eigenvalue weighted by molar-refractivity contribution is 5.89. The maximum absolute atomic E-state index is 13.8. The third kappa shape index (κ3) is 7.05. The summed E-state index contributed by atoms with van der Waals surface area (Å²) in [7, 11) is 0. The molecule has 4 nitrogen and oxygen atoms in total. The minimum Gasteiger partial charge on any atom is -0.352 e. The molecule has 0 bridgehead atoms. The van der Waals surface area contributed by atoms with Crippen LogP contribution in [0.5, 0.6) is 0 Å². The second-order valence-corrected chi connectivity index (χ2v) is 9.87. The van der Waals surface area contributed by atoms with Crippen LogP contribution in [0, 0.1) is 13.8 Å². The highest BCUT2D eigenvalue weighted by Gasteiger charge is 2.32. The van der Waals surface area contributed by atoms with Crippen molar-refractivity contribution in [1.29, 1.82) is 0 Å². The fourth-order valence-corrected chi connectivity index (χ4v) is 4.91. The Morgan fingerprint density at radius 3 is 2.20 bits per heavy atom. The molecule has 4 heteroatoms. The van der Waals surface area contributed by atoms with Crippen LogP contribution < -0.4 is 5.32 Å². The molecule has 0 heterocycles. The topological polar surface area (TPSA) is 49.4 Å². The van der Waals surface area contributed by atoms with Crippen molar-refractivity contribution < 1.29 is 9.59 Å². The van der Waals surface area contributed by atoms with Crippen LogP contribution in [0.3, 0.4) is 0 Å². The number of nitrogens with zero attached hydrogens (tertiary/aromatic N) is 1. The molecule has 1 unspecified atom stereocenters. The number of benzene rings is 3. The standard InChI is InChI=1S/C31H36N2O2/c1-23-15-17-26(18-16-23)21-30(34)33(22-27-12-8-9-24(2)19-27)29(20-25-10-4-3-5-11-25)31(35)32-28-13-6-7-14-28/h3-5,8-12,15-19,28-29H,6-7,13-14,20-22H2,1-2H3,(H,32,35). The maximum Gasteiger partial charge on any atom is 0.243 e. The highest BCUT2D eigenvalue weighted by Crippen LogP contribution is 2.21. The number of amides is 2. The summed E-state index contributed by atoms with van der Waals surface area (Å²) in [5, 5.41) is 3.27. The molecule has 1 saturated carbocycles. The number of carbonyl (C=O) groups is 2. The van der Waals surface area contributed by atoms with E-state index in [-0.39, 0.29) is 24.3 Å². The van der Waals surface area contributed by atoms with E-state index < -0.39 is 6.04 Å². The average Bonchev–Trinajstić information content (AvgIpc) is 3.36. The van der Waals surface area contributed by atoms with Crippen molar-refractivity contribution in [2.24, 2.45) is 0 Å². The van der Waals surface area contributed by atoms with Crippen molar-refractivity contribution in [3.63, 3.8) is 0 Å². The van der Waals surface area contributed by atoms with E-state index in [1.165, 1.54) is 0 Å². The first-order valence-electron chi connectivity index (χ1n) is 12.7. The van der Waals surface area contributed by atoms with E-state index in [1.807, 2.05) is 73.7 Å². The minimum atomic E-state index is -0.573. The molecule has 0 spiro atoms. The van der Waals surface area contributed by atoms with Gasteiger partial charge in [-0.05, 0) is 43.4 Å². The number of hydrogen-bond acceptors (Lipinski definition) is 2. The molecule has 2 amide bonds. The Balaban J connectivity index is 1.65. The lowest BCUT2D eigenvalue weighted by Gasteiger charge is -2.32. The van der Waals surface area contributed by atoms with Gasteiger partial charge in [0.25, 0.3) is 0 Å². The lowest BCUT2D eigenvalue weighted by Crippen LogP contribution is -2.52. The van der Waals surface area contributed by atoms with Crippen LogP contribution in [0.4, 0.5) is 0 Å². The predicted octanol–water partition coefficient (Wildman–Crippen LogP) is 5.54. The molecule has 1 aliphatic carbocycles. The molecule has 0 aromatic heterocycles. The van der Waals surface area contributed by atoms with Crippen molar-refractivity contribution in [3.8, 4) is 0 Å². The molecule has 1 fully saturated rings. The van der Waals surface area contributed by atoms with Crippen molar-refractivity contribution >= 4 is 11.8 Å². The van der Waals surface area contributed by atoms with Gasteiger partial charge >= 0.3 is 0 Å². The lowest BCUT2D eigenvalue weighted by molar-refractivity contribution is -0.141. The van der Waals surface area contributed by atoms with Crippen LogP contribution in [-0.2, 0) is 29.0 Å². The summed E-state index contributed by atoms with van der Waals surface area (Å²) in [5.41, 5.74) is 5.36. The van der Waals surface area contributed by atoms with Crippen LogP contribution >= 0.6 is 0 Å². The minimum absolute atomic E-state index is 0.0298. The van der Waals surface area contributed by atoms with Gasteiger partial charge in [0.1, 0.15) is 6.04 Å². The van der Waals surface area contributed by atoms with E-state index in [0.717, 1.165) is 53.5 Å². The molecular formula is C31H36N2O2. The second-order valence-electron chi connectivity index (χ2n) is 9.87. The lowest BCUT2D eigenvalue weighted by atomic mass is 10.0. The van der Waals surface area contributed by atoms with Gasteiger partial charge in [0.15, 0.2) is 0 Å². The van der Waals surface area contributed by atoms with E-state index in [2.05, 4.69) is 24.4 Å². The van der Waals surface area contributed by atoms with Crippen LogP contribution in [0.2, 0.25) is 0 Å². The van der Waals surface area contributed by atoms with Gasteiger partial charge in [0.05, 0.1) is 6.42 Å². The number of hydrogen-bond donors (Lipinski definition) is 1. The molecule has 1 N–H and O–H groups in total. The van der Waals surface area contributed by atoms with Gasteiger partial charge in [-0.25, -0.2) is 0 Å². The summed E-state index contributed by atoms with van der Waals surface area (Å²) < 4.78 is 0. The fourth-order valence-electron chi connectivity index (χ4n) is 4.91. The number of nitrogens with one attached hydrogen (secondary N) is 1. The summed E-state index contributed by atoms with van der Waals surface area (Å²) in [6.45, 7) is 4.50. The van der Waals surface area contributed by atoms with Gasteiger partial charge < -0.3 is 10.2 Å². The molecule has 1 atom stereocenters. The van der Waals surface area contributed by atoms with Crippen LogP contribution in [0.1, 0.15) is 53.5 Å². The molecular weight excluding hydrogens is 432 g/mol. The molecule has 1 aliphatic rings. The van der Waals surface area contributed by atoms with Crippen LogP contribution in [0.25, 0.3) is 0 Å². The van der Waals surface area contributed by atoms with Gasteiger partial charge in [0.2, 0.25) is 11.8 Å². The van der Waals surface area contributed by atoms with Gasteiger partial charge in [-0.15, -0.1) is 0 Å². The quantitative estimate of drug-likeness (QED) is 0.448. The van der Waals surface area contributed by atoms with Crippen LogP contribution in [0.15, 0.2) is 78.9 Å². The summed E-state index contributed by atoms with van der Waals surface area (Å²) in [5.74, 6) is -0.0801. The smallest absolute Gasteiger partial charge is 0.243 e. The number of carbonyl (C=O) groups excluding carboxylic acids is 2. The zero-order chi connectivity index (χ0) is 24.6. The fraction of sp³-hybridized carbons (Fsp3) is 0.355. The van der Waals surface area contributed by atoms with Crippen molar-refractivity contribution in [2.45, 2.75) is 71.0 Å². The van der Waals surface area contributed by atoms with E-state index >= 15 is 0 Å². The predicted molar refractivity (Wildman–Crippen MR) is 141 cm³/mol. The first kappa shape index (κ1) is 24.7. The number of aryl methyl sites for hydroxylation is 2. The average molecular weight is 469 g/mol. The monoisotopic (exact) mass is 468 g/mol. The normalized spacial score (nSPS) is 14.5. The van der Waals surface area contributed by atoms with Gasteiger partial charge in [-0.2, -0.15) is 0 Å². The second kappa shape index (κ2) is 11.8.